The minimum Gasteiger partial charge on any atom is -0.333 e. The molecule has 0 radical (unpaired) electrons. The summed E-state index contributed by atoms with van der Waals surface area (Å²) in [5.74, 6) is 0.371. The first-order valence-corrected chi connectivity index (χ1v) is 19.6. The van der Waals surface area contributed by atoms with Crippen LogP contribution in [0.4, 0.5) is 11.4 Å². The molecule has 268 valence electrons. The van der Waals surface area contributed by atoms with E-state index >= 15 is 0 Å². The number of para-hydroxylation sites is 1. The van der Waals surface area contributed by atoms with E-state index in [0.29, 0.717) is 5.92 Å². The zero-order valence-electron chi connectivity index (χ0n) is 30.9. The monoisotopic (exact) mass is 729 g/mol. The molecule has 0 bridgehead atoms. The lowest BCUT2D eigenvalue weighted by molar-refractivity contribution is 0.745. The zero-order chi connectivity index (χ0) is 37.5. The highest BCUT2D eigenvalue weighted by Crippen LogP contribution is 2.58. The van der Waals surface area contributed by atoms with E-state index in [9.17, 15) is 0 Å². The summed E-state index contributed by atoms with van der Waals surface area (Å²) in [4.78, 5) is 16.4. The highest BCUT2D eigenvalue weighted by Gasteiger charge is 2.47. The van der Waals surface area contributed by atoms with E-state index in [1.165, 1.54) is 61.4 Å². The third kappa shape index (κ3) is 4.48. The van der Waals surface area contributed by atoms with Crippen molar-refractivity contribution >= 4 is 33.3 Å². The lowest BCUT2D eigenvalue weighted by Gasteiger charge is -2.33. The Bertz CT molecular complexity index is 3030. The minimum absolute atomic E-state index is 0.288. The number of anilines is 2. The Morgan fingerprint density at radius 1 is 0.509 bits per heavy atom. The van der Waals surface area contributed by atoms with Gasteiger partial charge in [-0.25, -0.2) is 0 Å². The summed E-state index contributed by atoms with van der Waals surface area (Å²) in [6, 6.07) is 53.5. The van der Waals surface area contributed by atoms with Crippen LogP contribution in [0, 0.1) is 0 Å². The average molecular weight is 730 g/mol. The number of pyridine rings is 3. The van der Waals surface area contributed by atoms with Gasteiger partial charge in [0.1, 0.15) is 0 Å². The first kappa shape index (κ1) is 31.9. The number of fused-ring (bicyclic) bond motifs is 10. The molecule has 0 spiro atoms. The molecule has 0 N–H and O–H groups in total. The van der Waals surface area contributed by atoms with E-state index in [1.54, 1.807) is 0 Å². The van der Waals surface area contributed by atoms with Crippen LogP contribution < -0.4 is 4.90 Å². The Kier molecular flexibility index (Phi) is 6.90. The van der Waals surface area contributed by atoms with Gasteiger partial charge in [0, 0.05) is 59.4 Å². The van der Waals surface area contributed by atoms with Gasteiger partial charge in [0.2, 0.25) is 0 Å². The van der Waals surface area contributed by atoms with Crippen LogP contribution in [0.3, 0.4) is 0 Å². The molecule has 0 fully saturated rings. The maximum absolute atomic E-state index is 5.09. The second-order valence-corrected chi connectivity index (χ2v) is 15.2. The second-order valence-electron chi connectivity index (χ2n) is 15.2. The molecule has 2 aliphatic carbocycles. The molecular formula is C52H35N5. The molecule has 4 aromatic heterocycles. The van der Waals surface area contributed by atoms with Gasteiger partial charge in [0.05, 0.1) is 28.0 Å². The molecule has 9 aromatic rings. The Labute approximate surface area is 330 Å². The molecule has 5 aromatic carbocycles. The molecule has 0 saturated carbocycles. The van der Waals surface area contributed by atoms with Crippen molar-refractivity contribution in [3.63, 3.8) is 0 Å². The lowest BCUT2D eigenvalue weighted by Crippen LogP contribution is -2.28. The number of aromatic nitrogens is 4. The number of hydrogen-bond donors (Lipinski definition) is 0. The van der Waals surface area contributed by atoms with E-state index < -0.39 is 5.41 Å². The summed E-state index contributed by atoms with van der Waals surface area (Å²) >= 11 is 0. The van der Waals surface area contributed by atoms with Gasteiger partial charge >= 0.3 is 0 Å². The van der Waals surface area contributed by atoms with Crippen molar-refractivity contribution in [2.24, 2.45) is 0 Å². The highest BCUT2D eigenvalue weighted by atomic mass is 15.2. The molecule has 0 amide bonds. The normalized spacial score (nSPS) is 17.1. The van der Waals surface area contributed by atoms with Gasteiger partial charge in [-0.3, -0.25) is 15.0 Å². The van der Waals surface area contributed by atoms with Gasteiger partial charge in [-0.15, -0.1) is 0 Å². The third-order valence-corrected chi connectivity index (χ3v) is 12.5. The molecule has 57 heavy (non-hydrogen) atoms. The van der Waals surface area contributed by atoms with Crippen molar-refractivity contribution in [3.05, 3.63) is 229 Å². The van der Waals surface area contributed by atoms with Crippen LogP contribution >= 0.6 is 0 Å². The van der Waals surface area contributed by atoms with Gasteiger partial charge in [-0.1, -0.05) is 97.1 Å². The van der Waals surface area contributed by atoms with Crippen molar-refractivity contribution < 1.29 is 0 Å². The van der Waals surface area contributed by atoms with Gasteiger partial charge in [-0.05, 0) is 123 Å². The maximum Gasteiger partial charge on any atom is 0.0969 e. The summed E-state index contributed by atoms with van der Waals surface area (Å²) in [6.07, 6.45) is 18.5. The van der Waals surface area contributed by atoms with Crippen LogP contribution in [0.1, 0.15) is 33.7 Å². The van der Waals surface area contributed by atoms with E-state index in [-0.39, 0.29) is 6.04 Å². The average Bonchev–Trinajstić information content (AvgIpc) is 3.92. The van der Waals surface area contributed by atoms with Gasteiger partial charge in [-0.2, -0.15) is 0 Å². The van der Waals surface area contributed by atoms with E-state index in [1.807, 2.05) is 37.1 Å². The van der Waals surface area contributed by atoms with Gasteiger partial charge < -0.3 is 9.47 Å². The summed E-state index contributed by atoms with van der Waals surface area (Å²) in [6.45, 7) is 0. The third-order valence-electron chi connectivity index (χ3n) is 12.5. The molecule has 12 rings (SSSR count). The summed E-state index contributed by atoms with van der Waals surface area (Å²) in [5, 5.41) is 1.16. The molecule has 1 aliphatic heterocycles. The summed E-state index contributed by atoms with van der Waals surface area (Å²) < 4.78 is 2.37. The molecule has 2 unspecified atom stereocenters. The van der Waals surface area contributed by atoms with Crippen LogP contribution in [-0.2, 0) is 5.41 Å². The number of allylic oxidation sites excluding steroid dienone is 2. The minimum atomic E-state index is -0.545. The van der Waals surface area contributed by atoms with E-state index in [4.69, 9.17) is 4.98 Å². The standard InChI is InChI=1S/C52H35N5/c1-4-11-43-42(10-1)49-44(52(43,36-25-30-53-31-26-36)37-27-32-54-33-28-37)23-24-47-50(49)51-48(14-7-29-55-51)57(47)39-21-17-35(18-22-39)34-15-19-38(20-16-34)56-45-12-5-2-8-40(45)41-9-3-6-13-46(41)56/h1-33,40,45H. The number of rotatable bonds is 5. The molecule has 5 heterocycles. The van der Waals surface area contributed by atoms with Gasteiger partial charge in [0.15, 0.2) is 0 Å². The van der Waals surface area contributed by atoms with Crippen LogP contribution in [0.5, 0.6) is 0 Å². The molecular weight excluding hydrogens is 695 g/mol. The van der Waals surface area contributed by atoms with Crippen molar-refractivity contribution in [2.45, 2.75) is 17.4 Å². The largest absolute Gasteiger partial charge is 0.333 e. The van der Waals surface area contributed by atoms with Crippen LogP contribution in [0.25, 0.3) is 49.9 Å². The summed E-state index contributed by atoms with van der Waals surface area (Å²) in [5.41, 5.74) is 17.3. The topological polar surface area (TPSA) is 46.8 Å². The first-order valence-electron chi connectivity index (χ1n) is 19.6. The number of benzene rings is 5. The van der Waals surface area contributed by atoms with Crippen LogP contribution in [0.15, 0.2) is 201 Å². The fourth-order valence-electron chi connectivity index (χ4n) is 10.2. The number of nitrogens with zero attached hydrogens (tertiary/aromatic N) is 5. The summed E-state index contributed by atoms with van der Waals surface area (Å²) in [7, 11) is 0. The Morgan fingerprint density at radius 2 is 1.18 bits per heavy atom. The van der Waals surface area contributed by atoms with Crippen molar-refractivity contribution in [1.29, 1.82) is 0 Å². The lowest BCUT2D eigenvalue weighted by atomic mass is 9.68. The SMILES string of the molecule is C1=CC2c3ccccc3N(c3ccc(-c4ccc(-n5c6cccnc6c6c7c(ccc65)C(c5ccncc5)(c5ccncc5)c5ccccc5-7)cc4)cc3)C2C=C1. The fourth-order valence-corrected chi connectivity index (χ4v) is 10.2. The Morgan fingerprint density at radius 3 is 1.93 bits per heavy atom. The molecule has 5 nitrogen and oxygen atoms in total. The maximum atomic E-state index is 5.09. The molecule has 0 saturated heterocycles. The van der Waals surface area contributed by atoms with Crippen molar-refractivity contribution in [3.8, 4) is 27.9 Å². The quantitative estimate of drug-likeness (QED) is 0.177. The second kappa shape index (κ2) is 12.3. The molecule has 5 heteroatoms. The molecule has 3 aliphatic rings. The van der Waals surface area contributed by atoms with E-state index in [0.717, 1.165) is 27.6 Å². The zero-order valence-corrected chi connectivity index (χ0v) is 30.9. The van der Waals surface area contributed by atoms with Crippen molar-refractivity contribution in [1.82, 2.24) is 19.5 Å². The predicted molar refractivity (Wildman–Crippen MR) is 230 cm³/mol. The van der Waals surface area contributed by atoms with Crippen LogP contribution in [0.2, 0.25) is 0 Å². The first-order chi connectivity index (χ1) is 28.3. The smallest absolute Gasteiger partial charge is 0.0969 e. The Balaban J connectivity index is 0.982. The highest BCUT2D eigenvalue weighted by molar-refractivity contribution is 6.17. The Hall–Kier alpha value is -7.37. The van der Waals surface area contributed by atoms with Crippen LogP contribution in [-0.4, -0.2) is 25.6 Å². The number of hydrogen-bond acceptors (Lipinski definition) is 4. The van der Waals surface area contributed by atoms with Gasteiger partial charge in [0.25, 0.3) is 0 Å². The van der Waals surface area contributed by atoms with Crippen molar-refractivity contribution in [2.75, 3.05) is 4.90 Å². The predicted octanol–water partition coefficient (Wildman–Crippen LogP) is 11.7. The fraction of sp³-hybridized carbons (Fsp3) is 0.0577. The van der Waals surface area contributed by atoms with E-state index in [2.05, 4.69) is 183 Å². The molecule has 2 atom stereocenters.